The van der Waals surface area contributed by atoms with Gasteiger partial charge in [0.1, 0.15) is 0 Å². The zero-order valence-corrected chi connectivity index (χ0v) is 7.80. The molecule has 1 rings (SSSR count). The monoisotopic (exact) mass is 154 g/mol. The number of rotatable bonds is 2. The third-order valence-corrected chi connectivity index (χ3v) is 1.94. The first-order valence-electron chi connectivity index (χ1n) is 4.19. The number of hydrogen-bond acceptors (Lipinski definition) is 2. The summed E-state index contributed by atoms with van der Waals surface area (Å²) in [7, 11) is 6.42. The van der Waals surface area contributed by atoms with Crippen LogP contribution in [0.3, 0.4) is 0 Å². The molecule has 0 saturated carbocycles. The van der Waals surface area contributed by atoms with Crippen molar-refractivity contribution in [3.05, 3.63) is 11.6 Å². The van der Waals surface area contributed by atoms with Gasteiger partial charge in [-0.15, -0.1) is 0 Å². The number of hydrogen-bond donors (Lipinski definition) is 0. The first-order valence-corrected chi connectivity index (χ1v) is 4.19. The van der Waals surface area contributed by atoms with Gasteiger partial charge in [-0.25, -0.2) is 0 Å². The van der Waals surface area contributed by atoms with Crippen LogP contribution in [0.4, 0.5) is 0 Å². The fourth-order valence-corrected chi connectivity index (χ4v) is 1.50. The maximum absolute atomic E-state index is 2.38. The molecule has 0 aromatic heterocycles. The van der Waals surface area contributed by atoms with Crippen LogP contribution < -0.4 is 0 Å². The summed E-state index contributed by atoms with van der Waals surface area (Å²) in [6.07, 6.45) is 3.60. The van der Waals surface area contributed by atoms with E-state index in [0.717, 1.165) is 13.1 Å². The van der Waals surface area contributed by atoms with Crippen molar-refractivity contribution in [2.45, 2.75) is 6.42 Å². The molecule has 11 heavy (non-hydrogen) atoms. The quantitative estimate of drug-likeness (QED) is 0.543. The highest BCUT2D eigenvalue weighted by molar-refractivity contribution is 5.09. The standard InChI is InChI=1S/C9H18N2/c1-10(2)7-9-5-4-6-11(3)8-9/h5H,4,6-8H2,1-3H3. The molecule has 0 aromatic carbocycles. The van der Waals surface area contributed by atoms with Gasteiger partial charge in [0.2, 0.25) is 0 Å². The molecule has 0 aliphatic carbocycles. The Morgan fingerprint density at radius 2 is 2.27 bits per heavy atom. The Morgan fingerprint density at radius 1 is 1.55 bits per heavy atom. The molecule has 0 spiro atoms. The van der Waals surface area contributed by atoms with Crippen LogP contribution in [0, 0.1) is 0 Å². The van der Waals surface area contributed by atoms with Gasteiger partial charge in [-0.1, -0.05) is 6.08 Å². The van der Waals surface area contributed by atoms with Gasteiger partial charge in [-0.05, 0) is 33.1 Å². The zero-order valence-electron chi connectivity index (χ0n) is 7.80. The predicted octanol–water partition coefficient (Wildman–Crippen LogP) is 0.810. The van der Waals surface area contributed by atoms with Crippen LogP contribution in [0.15, 0.2) is 11.6 Å². The summed E-state index contributed by atoms with van der Waals surface area (Å²) < 4.78 is 0. The summed E-state index contributed by atoms with van der Waals surface area (Å²) in [4.78, 5) is 4.60. The van der Waals surface area contributed by atoms with E-state index in [1.165, 1.54) is 13.0 Å². The van der Waals surface area contributed by atoms with Crippen molar-refractivity contribution in [1.29, 1.82) is 0 Å². The van der Waals surface area contributed by atoms with Crippen molar-refractivity contribution in [3.8, 4) is 0 Å². The van der Waals surface area contributed by atoms with E-state index in [9.17, 15) is 0 Å². The normalized spacial score (nSPS) is 20.5. The topological polar surface area (TPSA) is 6.48 Å². The minimum absolute atomic E-state index is 1.12. The molecule has 0 bridgehead atoms. The summed E-state index contributed by atoms with van der Waals surface area (Å²) in [5.41, 5.74) is 1.56. The van der Waals surface area contributed by atoms with Crippen LogP contribution in [0.2, 0.25) is 0 Å². The molecule has 0 fully saturated rings. The SMILES string of the molecule is CN(C)CC1=CCCN(C)C1. The summed E-state index contributed by atoms with van der Waals surface area (Å²) >= 11 is 0. The average molecular weight is 154 g/mol. The molecular weight excluding hydrogens is 136 g/mol. The van der Waals surface area contributed by atoms with Crippen molar-refractivity contribution < 1.29 is 0 Å². The van der Waals surface area contributed by atoms with Crippen LogP contribution in [-0.4, -0.2) is 50.6 Å². The van der Waals surface area contributed by atoms with Crippen LogP contribution in [-0.2, 0) is 0 Å². The Balaban J connectivity index is 2.38. The lowest BCUT2D eigenvalue weighted by molar-refractivity contribution is 0.333. The highest BCUT2D eigenvalue weighted by atomic mass is 15.1. The first kappa shape index (κ1) is 8.75. The Kier molecular flexibility index (Phi) is 3.09. The van der Waals surface area contributed by atoms with Crippen molar-refractivity contribution in [3.63, 3.8) is 0 Å². The minimum atomic E-state index is 1.12. The second-order valence-corrected chi connectivity index (χ2v) is 3.63. The van der Waals surface area contributed by atoms with E-state index >= 15 is 0 Å². The van der Waals surface area contributed by atoms with Gasteiger partial charge >= 0.3 is 0 Å². The zero-order chi connectivity index (χ0) is 8.27. The third-order valence-electron chi connectivity index (χ3n) is 1.94. The van der Waals surface area contributed by atoms with Gasteiger partial charge in [0.15, 0.2) is 0 Å². The van der Waals surface area contributed by atoms with E-state index < -0.39 is 0 Å². The summed E-state index contributed by atoms with van der Waals surface area (Å²) in [6.45, 7) is 3.49. The molecule has 0 radical (unpaired) electrons. The minimum Gasteiger partial charge on any atom is -0.305 e. The molecule has 1 heterocycles. The fourth-order valence-electron chi connectivity index (χ4n) is 1.50. The molecule has 0 amide bonds. The van der Waals surface area contributed by atoms with Gasteiger partial charge in [-0.2, -0.15) is 0 Å². The number of nitrogens with zero attached hydrogens (tertiary/aromatic N) is 2. The molecule has 1 aliphatic heterocycles. The van der Waals surface area contributed by atoms with Crippen molar-refractivity contribution in [1.82, 2.24) is 9.80 Å². The molecule has 0 unspecified atom stereocenters. The van der Waals surface area contributed by atoms with Crippen LogP contribution in [0.25, 0.3) is 0 Å². The molecule has 0 N–H and O–H groups in total. The molecule has 0 saturated heterocycles. The third kappa shape index (κ3) is 3.04. The molecular formula is C9H18N2. The summed E-state index contributed by atoms with van der Waals surface area (Å²) in [5, 5.41) is 0. The molecule has 0 aromatic rings. The van der Waals surface area contributed by atoms with Crippen molar-refractivity contribution in [2.75, 3.05) is 40.8 Å². The van der Waals surface area contributed by atoms with Crippen molar-refractivity contribution in [2.24, 2.45) is 0 Å². The van der Waals surface area contributed by atoms with Crippen LogP contribution in [0.5, 0.6) is 0 Å². The average Bonchev–Trinajstić information content (AvgIpc) is 1.85. The lowest BCUT2D eigenvalue weighted by Gasteiger charge is -2.24. The predicted molar refractivity (Wildman–Crippen MR) is 48.8 cm³/mol. The van der Waals surface area contributed by atoms with E-state index in [1.54, 1.807) is 5.57 Å². The second kappa shape index (κ2) is 3.88. The smallest absolute Gasteiger partial charge is 0.0202 e. The fraction of sp³-hybridized carbons (Fsp3) is 0.778. The Morgan fingerprint density at radius 3 is 2.82 bits per heavy atom. The maximum Gasteiger partial charge on any atom is 0.0202 e. The Bertz CT molecular complexity index is 150. The van der Waals surface area contributed by atoms with Gasteiger partial charge in [0, 0.05) is 19.6 Å². The lowest BCUT2D eigenvalue weighted by Crippen LogP contribution is -2.29. The van der Waals surface area contributed by atoms with Crippen LogP contribution >= 0.6 is 0 Å². The molecule has 2 nitrogen and oxygen atoms in total. The van der Waals surface area contributed by atoms with E-state index in [4.69, 9.17) is 0 Å². The van der Waals surface area contributed by atoms with Gasteiger partial charge in [0.05, 0.1) is 0 Å². The van der Waals surface area contributed by atoms with E-state index in [-0.39, 0.29) is 0 Å². The lowest BCUT2D eigenvalue weighted by atomic mass is 10.1. The van der Waals surface area contributed by atoms with Gasteiger partial charge in [-0.3, -0.25) is 0 Å². The highest BCUT2D eigenvalue weighted by Gasteiger charge is 2.07. The summed E-state index contributed by atoms with van der Waals surface area (Å²) in [6, 6.07) is 0. The van der Waals surface area contributed by atoms with Crippen LogP contribution in [0.1, 0.15) is 6.42 Å². The van der Waals surface area contributed by atoms with E-state index in [2.05, 4.69) is 37.0 Å². The summed E-state index contributed by atoms with van der Waals surface area (Å²) in [5.74, 6) is 0. The number of likely N-dealkylation sites (N-methyl/N-ethyl adjacent to an activating group) is 2. The van der Waals surface area contributed by atoms with Gasteiger partial charge < -0.3 is 9.80 Å². The molecule has 0 atom stereocenters. The first-order chi connectivity index (χ1) is 5.18. The van der Waals surface area contributed by atoms with Gasteiger partial charge in [0.25, 0.3) is 0 Å². The highest BCUT2D eigenvalue weighted by Crippen LogP contribution is 2.07. The Labute approximate surface area is 69.5 Å². The maximum atomic E-state index is 2.38. The second-order valence-electron chi connectivity index (χ2n) is 3.63. The van der Waals surface area contributed by atoms with E-state index in [1.807, 2.05) is 0 Å². The molecule has 64 valence electrons. The van der Waals surface area contributed by atoms with E-state index in [0.29, 0.717) is 0 Å². The Hall–Kier alpha value is -0.340. The largest absolute Gasteiger partial charge is 0.305 e. The molecule has 2 heteroatoms. The molecule has 1 aliphatic rings. The van der Waals surface area contributed by atoms with Crippen molar-refractivity contribution >= 4 is 0 Å².